The number of hydrogen-bond donors (Lipinski definition) is 1. The summed E-state index contributed by atoms with van der Waals surface area (Å²) >= 11 is 0. The van der Waals surface area contributed by atoms with Gasteiger partial charge in [-0.3, -0.25) is 9.78 Å². The van der Waals surface area contributed by atoms with E-state index in [9.17, 15) is 18.0 Å². The van der Waals surface area contributed by atoms with Crippen molar-refractivity contribution >= 4 is 17.7 Å². The highest BCUT2D eigenvalue weighted by Crippen LogP contribution is 2.33. The number of fused-ring (bicyclic) bond motifs is 1. The average Bonchev–Trinajstić information content (AvgIpc) is 3.37. The van der Waals surface area contributed by atoms with Crippen LogP contribution >= 0.6 is 0 Å². The van der Waals surface area contributed by atoms with Crippen LogP contribution in [0.3, 0.4) is 0 Å². The van der Waals surface area contributed by atoms with E-state index in [2.05, 4.69) is 14.9 Å². The van der Waals surface area contributed by atoms with E-state index < -0.39 is 12.1 Å². The Labute approximate surface area is 163 Å². The van der Waals surface area contributed by atoms with E-state index in [-0.39, 0.29) is 5.91 Å². The summed E-state index contributed by atoms with van der Waals surface area (Å²) in [6.45, 7) is 3.54. The lowest BCUT2D eigenvalue weighted by molar-refractivity contribution is -0.192. The Kier molecular flexibility index (Phi) is 6.04. The van der Waals surface area contributed by atoms with Crippen molar-refractivity contribution in [3.63, 3.8) is 0 Å². The monoisotopic (exact) mass is 412 g/mol. The first-order valence-electron chi connectivity index (χ1n) is 8.89. The van der Waals surface area contributed by atoms with Gasteiger partial charge < -0.3 is 19.3 Å². The number of alkyl halides is 3. The smallest absolute Gasteiger partial charge is 0.475 e. The number of piperidine rings is 1. The lowest BCUT2D eigenvalue weighted by Crippen LogP contribution is -2.40. The molecule has 2 aromatic heterocycles. The van der Waals surface area contributed by atoms with E-state index in [0.29, 0.717) is 17.6 Å². The summed E-state index contributed by atoms with van der Waals surface area (Å²) in [5, 5.41) is 7.12. The maximum absolute atomic E-state index is 12.4. The molecular weight excluding hydrogens is 393 g/mol. The molecule has 0 bridgehead atoms. The number of halogens is 3. The van der Waals surface area contributed by atoms with Gasteiger partial charge in [0.15, 0.2) is 5.76 Å². The highest BCUT2D eigenvalue weighted by Gasteiger charge is 2.40. The highest BCUT2D eigenvalue weighted by atomic mass is 19.4. The molecule has 11 heteroatoms. The molecule has 2 atom stereocenters. The number of likely N-dealkylation sites (tertiary alicyclic amines) is 1. The van der Waals surface area contributed by atoms with E-state index in [1.54, 1.807) is 37.0 Å². The number of carboxylic acids is 1. The number of nitrogens with zero attached hydrogens (tertiary/aromatic N) is 4. The Morgan fingerprint density at radius 3 is 2.48 bits per heavy atom. The number of furan rings is 1. The second kappa shape index (κ2) is 8.50. The quantitative estimate of drug-likeness (QED) is 0.808. The lowest BCUT2D eigenvalue weighted by atomic mass is 9.89. The van der Waals surface area contributed by atoms with Gasteiger partial charge in [0.05, 0.1) is 12.5 Å². The van der Waals surface area contributed by atoms with Crippen LogP contribution in [0.4, 0.5) is 19.0 Å². The van der Waals surface area contributed by atoms with E-state index in [1.165, 1.54) is 0 Å². The van der Waals surface area contributed by atoms with Crippen molar-refractivity contribution in [1.82, 2.24) is 14.9 Å². The Bertz CT molecular complexity index is 829. The molecule has 0 radical (unpaired) electrons. The molecular formula is C18H19F3N4O4. The normalized spacial score (nSPS) is 21.2. The maximum Gasteiger partial charge on any atom is 0.490 e. The van der Waals surface area contributed by atoms with Gasteiger partial charge in [-0.1, -0.05) is 0 Å². The predicted octanol–water partition coefficient (Wildman–Crippen LogP) is 2.30. The molecule has 2 aromatic rings. The molecule has 1 amide bonds. The lowest BCUT2D eigenvalue weighted by Gasteiger charge is -2.34. The molecule has 2 aliphatic rings. The molecule has 2 fully saturated rings. The molecule has 2 aliphatic heterocycles. The molecule has 4 rings (SSSR count). The van der Waals surface area contributed by atoms with Gasteiger partial charge in [0.1, 0.15) is 5.82 Å². The minimum absolute atomic E-state index is 0.00505. The molecule has 156 valence electrons. The molecule has 8 nitrogen and oxygen atoms in total. The molecule has 0 aromatic carbocycles. The molecule has 29 heavy (non-hydrogen) atoms. The van der Waals surface area contributed by atoms with Crippen molar-refractivity contribution in [3.8, 4) is 0 Å². The third-order valence-electron chi connectivity index (χ3n) is 4.94. The average molecular weight is 412 g/mol. The first-order valence-corrected chi connectivity index (χ1v) is 8.89. The molecule has 0 spiro atoms. The van der Waals surface area contributed by atoms with Crippen molar-refractivity contribution in [3.05, 3.63) is 42.7 Å². The summed E-state index contributed by atoms with van der Waals surface area (Å²) in [4.78, 5) is 34.0. The second-order valence-electron chi connectivity index (χ2n) is 6.81. The van der Waals surface area contributed by atoms with Crippen molar-refractivity contribution in [1.29, 1.82) is 0 Å². The summed E-state index contributed by atoms with van der Waals surface area (Å²) in [6, 6.07) is 3.49. The predicted molar refractivity (Wildman–Crippen MR) is 94.1 cm³/mol. The fraction of sp³-hybridized carbons (Fsp3) is 0.444. The first-order chi connectivity index (χ1) is 13.8. The number of anilines is 1. The first kappa shape index (κ1) is 20.6. The number of hydrogen-bond acceptors (Lipinski definition) is 6. The topological polar surface area (TPSA) is 99.8 Å². The number of aromatic nitrogens is 2. The summed E-state index contributed by atoms with van der Waals surface area (Å²) in [7, 11) is 0. The van der Waals surface area contributed by atoms with E-state index in [4.69, 9.17) is 14.3 Å². The standard InChI is InChI=1S/C16H18N4O2.C2HF3O2/c21-16(14-2-1-7-22-14)20-9-12-3-6-19(10-13(12)11-20)15-8-17-4-5-18-15;3-2(4,5)1(6)7/h1-2,4-5,7-8,12-13H,3,6,9-11H2;(H,6,7)/t12-,13+;/m0./s1. The van der Waals surface area contributed by atoms with Crippen LogP contribution in [0.15, 0.2) is 41.4 Å². The van der Waals surface area contributed by atoms with Gasteiger partial charge in [-0.2, -0.15) is 13.2 Å². The Balaban J connectivity index is 0.000000298. The molecule has 4 heterocycles. The van der Waals surface area contributed by atoms with E-state index in [0.717, 1.165) is 38.4 Å². The van der Waals surface area contributed by atoms with Crippen molar-refractivity contribution in [2.24, 2.45) is 11.8 Å². The zero-order valence-electron chi connectivity index (χ0n) is 15.2. The molecule has 0 unspecified atom stereocenters. The van der Waals surface area contributed by atoms with Gasteiger partial charge >= 0.3 is 12.1 Å². The second-order valence-corrected chi connectivity index (χ2v) is 6.81. The Morgan fingerprint density at radius 2 is 1.90 bits per heavy atom. The van der Waals surface area contributed by atoms with Crippen molar-refractivity contribution in [2.45, 2.75) is 12.6 Å². The summed E-state index contributed by atoms with van der Waals surface area (Å²) in [6.07, 6.45) is 2.77. The Morgan fingerprint density at radius 1 is 1.17 bits per heavy atom. The molecule has 2 saturated heterocycles. The number of carbonyl (C=O) groups is 2. The SMILES string of the molecule is O=C(O)C(F)(F)F.O=C(c1ccco1)N1C[C@@H]2CCN(c3cnccn3)C[C@@H]2C1. The highest BCUT2D eigenvalue weighted by molar-refractivity contribution is 5.91. The van der Waals surface area contributed by atoms with Crippen molar-refractivity contribution < 1.29 is 32.3 Å². The van der Waals surface area contributed by atoms with E-state index in [1.807, 2.05) is 4.90 Å². The van der Waals surface area contributed by atoms with Gasteiger partial charge in [0, 0.05) is 38.6 Å². The van der Waals surface area contributed by atoms with Crippen LogP contribution in [0, 0.1) is 11.8 Å². The van der Waals surface area contributed by atoms with Gasteiger partial charge in [-0.25, -0.2) is 9.78 Å². The fourth-order valence-corrected chi connectivity index (χ4v) is 3.55. The largest absolute Gasteiger partial charge is 0.490 e. The minimum Gasteiger partial charge on any atom is -0.475 e. The van der Waals surface area contributed by atoms with E-state index >= 15 is 0 Å². The third-order valence-corrected chi connectivity index (χ3v) is 4.94. The van der Waals surface area contributed by atoms with Crippen LogP contribution in [0.1, 0.15) is 17.0 Å². The van der Waals surface area contributed by atoms with Crippen molar-refractivity contribution in [2.75, 3.05) is 31.1 Å². The minimum atomic E-state index is -5.08. The third kappa shape index (κ3) is 5.04. The van der Waals surface area contributed by atoms with Gasteiger partial charge in [-0.15, -0.1) is 0 Å². The zero-order valence-corrected chi connectivity index (χ0v) is 15.2. The summed E-state index contributed by atoms with van der Waals surface area (Å²) in [5.74, 6) is -0.319. The molecule has 1 N–H and O–H groups in total. The summed E-state index contributed by atoms with van der Waals surface area (Å²) in [5.41, 5.74) is 0. The number of carboxylic acid groups (broad SMARTS) is 1. The van der Waals surface area contributed by atoms with Crippen LogP contribution in [0.25, 0.3) is 0 Å². The van der Waals surface area contributed by atoms with Crippen LogP contribution in [0.2, 0.25) is 0 Å². The van der Waals surface area contributed by atoms with Crippen LogP contribution in [0.5, 0.6) is 0 Å². The Hall–Kier alpha value is -3.11. The zero-order chi connectivity index (χ0) is 21.0. The van der Waals surface area contributed by atoms with Gasteiger partial charge in [0.2, 0.25) is 0 Å². The number of amides is 1. The number of rotatable bonds is 2. The van der Waals surface area contributed by atoms with Gasteiger partial charge in [0.25, 0.3) is 5.91 Å². The van der Waals surface area contributed by atoms with Crippen LogP contribution in [-0.4, -0.2) is 64.2 Å². The molecule has 0 aliphatic carbocycles. The number of aliphatic carboxylic acids is 1. The van der Waals surface area contributed by atoms with Gasteiger partial charge in [-0.05, 0) is 30.4 Å². The number of carbonyl (C=O) groups excluding carboxylic acids is 1. The van der Waals surface area contributed by atoms with Crippen LogP contribution in [-0.2, 0) is 4.79 Å². The van der Waals surface area contributed by atoms with Crippen LogP contribution < -0.4 is 4.90 Å². The summed E-state index contributed by atoms with van der Waals surface area (Å²) < 4.78 is 37.0. The maximum atomic E-state index is 12.4. The fourth-order valence-electron chi connectivity index (χ4n) is 3.55. The molecule has 0 saturated carbocycles.